The van der Waals surface area contributed by atoms with E-state index in [2.05, 4.69) is 9.97 Å². The molecule has 3 rings (SSSR count). The average Bonchev–Trinajstić information content (AvgIpc) is 2.47. The number of hydrogen-bond donors (Lipinski definition) is 1. The van der Waals surface area contributed by atoms with Crippen molar-refractivity contribution in [1.82, 2.24) is 9.97 Å². The average molecular weight is 298 g/mol. The van der Waals surface area contributed by atoms with E-state index < -0.39 is 5.91 Å². The summed E-state index contributed by atoms with van der Waals surface area (Å²) in [6.07, 6.45) is 3.83. The molecule has 0 unspecified atom stereocenters. The van der Waals surface area contributed by atoms with Gasteiger partial charge in [0.2, 0.25) is 5.91 Å². The highest BCUT2D eigenvalue weighted by atomic mass is 35.5. The molecule has 0 saturated heterocycles. The van der Waals surface area contributed by atoms with Crippen LogP contribution >= 0.6 is 11.6 Å². The molecular formula is C16H12ClN3O. The SMILES string of the molecule is NC(=O)c1ccnc(Cc2ccc3ncc(Cl)cc3c2)c1. The number of rotatable bonds is 3. The van der Waals surface area contributed by atoms with Crippen LogP contribution < -0.4 is 5.73 Å². The lowest BCUT2D eigenvalue weighted by molar-refractivity contribution is 0.1000. The molecular weight excluding hydrogens is 286 g/mol. The lowest BCUT2D eigenvalue weighted by Crippen LogP contribution is -2.11. The molecule has 0 fully saturated rings. The standard InChI is InChI=1S/C16H12ClN3O/c17-13-7-12-5-10(1-2-15(12)20-9-13)6-14-8-11(16(18)21)3-4-19-14/h1-5,7-9H,6H2,(H2,18,21). The summed E-state index contributed by atoms with van der Waals surface area (Å²) < 4.78 is 0. The molecule has 0 aliphatic heterocycles. The van der Waals surface area contributed by atoms with Crippen LogP contribution in [-0.2, 0) is 6.42 Å². The van der Waals surface area contributed by atoms with E-state index in [1.54, 1.807) is 24.5 Å². The van der Waals surface area contributed by atoms with Crippen molar-refractivity contribution in [1.29, 1.82) is 0 Å². The molecule has 2 N–H and O–H groups in total. The van der Waals surface area contributed by atoms with Crippen LogP contribution in [0.3, 0.4) is 0 Å². The van der Waals surface area contributed by atoms with Gasteiger partial charge in [0, 0.05) is 35.5 Å². The smallest absolute Gasteiger partial charge is 0.248 e. The summed E-state index contributed by atoms with van der Waals surface area (Å²) in [5.41, 5.74) is 8.49. The minimum absolute atomic E-state index is 0.451. The molecule has 0 spiro atoms. The molecule has 5 heteroatoms. The lowest BCUT2D eigenvalue weighted by atomic mass is 10.1. The summed E-state index contributed by atoms with van der Waals surface area (Å²) in [5, 5.41) is 1.58. The van der Waals surface area contributed by atoms with E-state index in [0.717, 1.165) is 22.2 Å². The van der Waals surface area contributed by atoms with Gasteiger partial charge in [0.1, 0.15) is 0 Å². The van der Waals surface area contributed by atoms with Gasteiger partial charge in [0.25, 0.3) is 0 Å². The Labute approximate surface area is 126 Å². The molecule has 1 amide bonds. The summed E-state index contributed by atoms with van der Waals surface area (Å²) in [7, 11) is 0. The second-order valence-corrected chi connectivity index (χ2v) is 5.19. The highest BCUT2D eigenvalue weighted by molar-refractivity contribution is 6.31. The Morgan fingerprint density at radius 2 is 2.00 bits per heavy atom. The van der Waals surface area contributed by atoms with Crippen molar-refractivity contribution >= 4 is 28.4 Å². The fraction of sp³-hybridized carbons (Fsp3) is 0.0625. The first-order valence-corrected chi connectivity index (χ1v) is 6.78. The first-order chi connectivity index (χ1) is 10.1. The molecule has 21 heavy (non-hydrogen) atoms. The van der Waals surface area contributed by atoms with Crippen molar-refractivity contribution in [3.8, 4) is 0 Å². The number of hydrogen-bond acceptors (Lipinski definition) is 3. The molecule has 3 aromatic rings. The highest BCUT2D eigenvalue weighted by Crippen LogP contribution is 2.19. The van der Waals surface area contributed by atoms with Crippen LogP contribution in [0.2, 0.25) is 5.02 Å². The number of pyridine rings is 2. The van der Waals surface area contributed by atoms with Crippen molar-refractivity contribution in [2.24, 2.45) is 5.73 Å². The number of fused-ring (bicyclic) bond motifs is 1. The fourth-order valence-electron chi connectivity index (χ4n) is 2.20. The van der Waals surface area contributed by atoms with Crippen molar-refractivity contribution in [2.45, 2.75) is 6.42 Å². The van der Waals surface area contributed by atoms with Crippen molar-refractivity contribution in [2.75, 3.05) is 0 Å². The van der Waals surface area contributed by atoms with Gasteiger partial charge in [-0.3, -0.25) is 14.8 Å². The quantitative estimate of drug-likeness (QED) is 0.808. The van der Waals surface area contributed by atoms with Gasteiger partial charge in [0.05, 0.1) is 10.5 Å². The highest BCUT2D eigenvalue weighted by Gasteiger charge is 2.05. The summed E-state index contributed by atoms with van der Waals surface area (Å²) in [5.74, 6) is -0.451. The largest absolute Gasteiger partial charge is 0.366 e. The minimum Gasteiger partial charge on any atom is -0.366 e. The maximum absolute atomic E-state index is 11.2. The zero-order valence-corrected chi connectivity index (χ0v) is 11.8. The van der Waals surface area contributed by atoms with Gasteiger partial charge in [-0.2, -0.15) is 0 Å². The zero-order chi connectivity index (χ0) is 14.8. The van der Waals surface area contributed by atoms with Gasteiger partial charge >= 0.3 is 0 Å². The van der Waals surface area contributed by atoms with Crippen LogP contribution in [0, 0.1) is 0 Å². The first-order valence-electron chi connectivity index (χ1n) is 6.41. The van der Waals surface area contributed by atoms with Gasteiger partial charge in [0.15, 0.2) is 0 Å². The topological polar surface area (TPSA) is 68.9 Å². The van der Waals surface area contributed by atoms with Crippen molar-refractivity contribution in [3.63, 3.8) is 0 Å². The van der Waals surface area contributed by atoms with Gasteiger partial charge in [-0.15, -0.1) is 0 Å². The van der Waals surface area contributed by atoms with Crippen LogP contribution in [0.25, 0.3) is 10.9 Å². The van der Waals surface area contributed by atoms with Gasteiger partial charge in [-0.25, -0.2) is 0 Å². The summed E-state index contributed by atoms with van der Waals surface area (Å²) in [4.78, 5) is 19.7. The third-order valence-corrected chi connectivity index (χ3v) is 3.41. The molecule has 0 bridgehead atoms. The molecule has 2 heterocycles. The van der Waals surface area contributed by atoms with Crippen molar-refractivity contribution < 1.29 is 4.79 Å². The Kier molecular flexibility index (Phi) is 3.54. The molecule has 0 aliphatic carbocycles. The zero-order valence-electron chi connectivity index (χ0n) is 11.1. The molecule has 0 aliphatic rings. The van der Waals surface area contributed by atoms with Gasteiger partial charge in [-0.05, 0) is 35.9 Å². The molecule has 0 saturated carbocycles. The summed E-state index contributed by atoms with van der Waals surface area (Å²) >= 11 is 5.96. The Morgan fingerprint density at radius 3 is 2.81 bits per heavy atom. The Bertz CT molecular complexity index is 833. The Hall–Kier alpha value is -2.46. The number of primary amides is 1. The van der Waals surface area contributed by atoms with Crippen molar-refractivity contribution in [3.05, 3.63) is 70.6 Å². The van der Waals surface area contributed by atoms with Gasteiger partial charge in [-0.1, -0.05) is 17.7 Å². The maximum atomic E-state index is 11.2. The Morgan fingerprint density at radius 1 is 1.14 bits per heavy atom. The third-order valence-electron chi connectivity index (χ3n) is 3.20. The van der Waals surface area contributed by atoms with E-state index in [-0.39, 0.29) is 0 Å². The Balaban J connectivity index is 1.94. The third kappa shape index (κ3) is 3.01. The number of benzene rings is 1. The summed E-state index contributed by atoms with van der Waals surface area (Å²) in [6.45, 7) is 0. The number of halogens is 1. The second-order valence-electron chi connectivity index (χ2n) is 4.76. The normalized spacial score (nSPS) is 10.7. The van der Waals surface area contributed by atoms with E-state index in [1.165, 1.54) is 0 Å². The number of carbonyl (C=O) groups is 1. The first kappa shape index (κ1) is 13.5. The number of carbonyl (C=O) groups excluding carboxylic acids is 1. The fourth-order valence-corrected chi connectivity index (χ4v) is 2.37. The van der Waals surface area contributed by atoms with E-state index in [0.29, 0.717) is 17.0 Å². The van der Waals surface area contributed by atoms with E-state index >= 15 is 0 Å². The molecule has 2 aromatic heterocycles. The minimum atomic E-state index is -0.451. The van der Waals surface area contributed by atoms with E-state index in [4.69, 9.17) is 17.3 Å². The van der Waals surface area contributed by atoms with Crippen LogP contribution in [0.15, 0.2) is 48.8 Å². The molecule has 4 nitrogen and oxygen atoms in total. The molecule has 104 valence electrons. The van der Waals surface area contributed by atoms with Crippen LogP contribution in [-0.4, -0.2) is 15.9 Å². The molecule has 0 atom stereocenters. The lowest BCUT2D eigenvalue weighted by Gasteiger charge is -2.05. The molecule has 0 radical (unpaired) electrons. The molecule has 1 aromatic carbocycles. The monoisotopic (exact) mass is 297 g/mol. The number of amides is 1. The second kappa shape index (κ2) is 5.50. The van der Waals surface area contributed by atoms with Gasteiger partial charge < -0.3 is 5.73 Å². The van der Waals surface area contributed by atoms with E-state index in [9.17, 15) is 4.79 Å². The summed E-state index contributed by atoms with van der Waals surface area (Å²) in [6, 6.07) is 11.1. The predicted molar refractivity (Wildman–Crippen MR) is 82.3 cm³/mol. The number of nitrogens with zero attached hydrogens (tertiary/aromatic N) is 2. The van der Waals surface area contributed by atoms with E-state index in [1.807, 2.05) is 24.3 Å². The van der Waals surface area contributed by atoms with Crippen LogP contribution in [0.5, 0.6) is 0 Å². The predicted octanol–water partition coefficient (Wildman–Crippen LogP) is 2.97. The van der Waals surface area contributed by atoms with Crippen LogP contribution in [0.1, 0.15) is 21.6 Å². The number of aromatic nitrogens is 2. The maximum Gasteiger partial charge on any atom is 0.248 e. The van der Waals surface area contributed by atoms with Crippen LogP contribution in [0.4, 0.5) is 0 Å². The number of nitrogens with two attached hydrogens (primary N) is 1.